The minimum atomic E-state index is -1.22. The third kappa shape index (κ3) is 1.82. The van der Waals surface area contributed by atoms with E-state index in [1.165, 1.54) is 4.68 Å². The summed E-state index contributed by atoms with van der Waals surface area (Å²) in [5.74, 6) is -1.55. The first kappa shape index (κ1) is 10.4. The Morgan fingerprint density at radius 2 is 2.00 bits per heavy atom. The van der Waals surface area contributed by atoms with Crippen molar-refractivity contribution in [1.29, 1.82) is 0 Å². The molecule has 0 aliphatic carbocycles. The van der Waals surface area contributed by atoms with E-state index in [4.69, 9.17) is 22.4 Å². The molecule has 0 saturated carbocycles. The fourth-order valence-corrected chi connectivity index (χ4v) is 1.31. The Kier molecular flexibility index (Phi) is 2.49. The van der Waals surface area contributed by atoms with Crippen LogP contribution in [0.2, 0.25) is 5.02 Å². The van der Waals surface area contributed by atoms with Crippen molar-refractivity contribution < 1.29 is 9.90 Å². The van der Waals surface area contributed by atoms with Crippen LogP contribution in [0.15, 0.2) is 24.3 Å². The van der Waals surface area contributed by atoms with Crippen LogP contribution >= 0.6 is 11.6 Å². The molecule has 0 atom stereocenters. The van der Waals surface area contributed by atoms with Gasteiger partial charge in [-0.1, -0.05) is 11.6 Å². The molecule has 0 radical (unpaired) electrons. The number of carbonyl (C=O) groups is 1. The predicted octanol–water partition coefficient (Wildman–Crippen LogP) is 1.20. The molecule has 3 N–H and O–H groups in total. The number of carboxylic acid groups (broad SMARTS) is 1. The average molecular weight is 239 g/mol. The van der Waals surface area contributed by atoms with E-state index in [1.54, 1.807) is 24.3 Å². The minimum absolute atomic E-state index is 0.0136. The second kappa shape index (κ2) is 3.82. The molecule has 7 heteroatoms. The van der Waals surface area contributed by atoms with Gasteiger partial charge in [0.1, 0.15) is 0 Å². The van der Waals surface area contributed by atoms with Gasteiger partial charge < -0.3 is 10.8 Å². The number of rotatable bonds is 2. The minimum Gasteiger partial charge on any atom is -0.475 e. The summed E-state index contributed by atoms with van der Waals surface area (Å²) in [6.45, 7) is 0. The SMILES string of the molecule is Nc1nc(C(=O)O)nn1-c1ccc(Cl)cc1. The maximum Gasteiger partial charge on any atom is 0.375 e. The Balaban J connectivity index is 2.47. The average Bonchev–Trinajstić information content (AvgIpc) is 2.62. The quantitative estimate of drug-likeness (QED) is 0.820. The standard InChI is InChI=1S/C9H7ClN4O2/c10-5-1-3-6(4-2-5)14-9(11)12-7(13-14)8(15)16/h1-4H,(H,15,16)(H2,11,12,13). The number of aromatic carboxylic acids is 1. The predicted molar refractivity (Wildman–Crippen MR) is 57.7 cm³/mol. The number of halogens is 1. The zero-order valence-corrected chi connectivity index (χ0v) is 8.72. The maximum absolute atomic E-state index is 10.6. The van der Waals surface area contributed by atoms with Crippen LogP contribution in [0.5, 0.6) is 0 Å². The molecule has 1 aromatic carbocycles. The van der Waals surface area contributed by atoms with Crippen LogP contribution in [-0.4, -0.2) is 25.8 Å². The monoisotopic (exact) mass is 238 g/mol. The first-order chi connectivity index (χ1) is 7.58. The molecule has 2 aromatic rings. The van der Waals surface area contributed by atoms with Crippen molar-refractivity contribution >= 4 is 23.5 Å². The number of benzene rings is 1. The van der Waals surface area contributed by atoms with Gasteiger partial charge in [-0.2, -0.15) is 9.67 Å². The van der Waals surface area contributed by atoms with Crippen LogP contribution in [0.1, 0.15) is 10.6 Å². The van der Waals surface area contributed by atoms with Gasteiger partial charge in [0.05, 0.1) is 5.69 Å². The summed E-state index contributed by atoms with van der Waals surface area (Å²) in [5, 5.41) is 13.0. The molecule has 0 amide bonds. The summed E-state index contributed by atoms with van der Waals surface area (Å²) in [6, 6.07) is 6.63. The number of anilines is 1. The summed E-state index contributed by atoms with van der Waals surface area (Å²) in [6.07, 6.45) is 0. The fraction of sp³-hybridized carbons (Fsp3) is 0. The molecule has 0 spiro atoms. The molecule has 2 rings (SSSR count). The van der Waals surface area contributed by atoms with Crippen LogP contribution < -0.4 is 5.73 Å². The number of hydrogen-bond acceptors (Lipinski definition) is 4. The van der Waals surface area contributed by atoms with Gasteiger partial charge in [0.2, 0.25) is 5.95 Å². The van der Waals surface area contributed by atoms with Crippen molar-refractivity contribution in [1.82, 2.24) is 14.8 Å². The van der Waals surface area contributed by atoms with Crippen LogP contribution in [0.4, 0.5) is 5.95 Å². The normalized spacial score (nSPS) is 10.3. The second-order valence-electron chi connectivity index (χ2n) is 2.99. The molecular formula is C9H7ClN4O2. The number of nitrogen functional groups attached to an aromatic ring is 1. The van der Waals surface area contributed by atoms with Crippen molar-refractivity contribution in [3.05, 3.63) is 35.1 Å². The van der Waals surface area contributed by atoms with Crippen LogP contribution in [0, 0.1) is 0 Å². The van der Waals surface area contributed by atoms with E-state index in [9.17, 15) is 4.79 Å². The number of nitrogens with two attached hydrogens (primary N) is 1. The summed E-state index contributed by atoms with van der Waals surface area (Å²) in [7, 11) is 0. The van der Waals surface area contributed by atoms with E-state index < -0.39 is 5.97 Å². The molecule has 82 valence electrons. The molecule has 0 saturated heterocycles. The van der Waals surface area contributed by atoms with Crippen molar-refractivity contribution in [2.45, 2.75) is 0 Å². The lowest BCUT2D eigenvalue weighted by Gasteiger charge is -2.01. The molecule has 1 heterocycles. The maximum atomic E-state index is 10.6. The second-order valence-corrected chi connectivity index (χ2v) is 3.42. The lowest BCUT2D eigenvalue weighted by atomic mass is 10.3. The van der Waals surface area contributed by atoms with Gasteiger partial charge in [-0.05, 0) is 24.3 Å². The zero-order chi connectivity index (χ0) is 11.7. The first-order valence-corrected chi connectivity index (χ1v) is 4.67. The molecule has 0 bridgehead atoms. The van der Waals surface area contributed by atoms with Crippen molar-refractivity contribution in [2.75, 3.05) is 5.73 Å². The highest BCUT2D eigenvalue weighted by Gasteiger charge is 2.13. The summed E-state index contributed by atoms with van der Waals surface area (Å²) >= 11 is 5.72. The highest BCUT2D eigenvalue weighted by atomic mass is 35.5. The molecular weight excluding hydrogens is 232 g/mol. The summed E-state index contributed by atoms with van der Waals surface area (Å²) in [4.78, 5) is 14.2. The molecule has 0 aliphatic heterocycles. The number of carboxylic acids is 1. The molecule has 0 aliphatic rings. The number of aromatic nitrogens is 3. The highest BCUT2D eigenvalue weighted by Crippen LogP contribution is 2.15. The zero-order valence-electron chi connectivity index (χ0n) is 7.96. The van der Waals surface area contributed by atoms with Crippen LogP contribution in [0.25, 0.3) is 5.69 Å². The van der Waals surface area contributed by atoms with Gasteiger partial charge in [0.25, 0.3) is 5.82 Å². The highest BCUT2D eigenvalue weighted by molar-refractivity contribution is 6.30. The fourth-order valence-electron chi connectivity index (χ4n) is 1.19. The molecule has 6 nitrogen and oxygen atoms in total. The Morgan fingerprint density at radius 3 is 2.50 bits per heavy atom. The van der Waals surface area contributed by atoms with E-state index in [0.29, 0.717) is 10.7 Å². The Morgan fingerprint density at radius 1 is 1.38 bits per heavy atom. The topological polar surface area (TPSA) is 94.0 Å². The van der Waals surface area contributed by atoms with Gasteiger partial charge >= 0.3 is 5.97 Å². The largest absolute Gasteiger partial charge is 0.475 e. The lowest BCUT2D eigenvalue weighted by Crippen LogP contribution is -2.03. The van der Waals surface area contributed by atoms with Gasteiger partial charge in [-0.3, -0.25) is 0 Å². The summed E-state index contributed by atoms with van der Waals surface area (Å²) in [5.41, 5.74) is 6.14. The third-order valence-corrected chi connectivity index (χ3v) is 2.15. The van der Waals surface area contributed by atoms with Gasteiger partial charge in [-0.15, -0.1) is 5.10 Å². The summed E-state index contributed by atoms with van der Waals surface area (Å²) < 4.78 is 1.24. The number of hydrogen-bond donors (Lipinski definition) is 2. The van der Waals surface area contributed by atoms with Crippen molar-refractivity contribution in [3.63, 3.8) is 0 Å². The van der Waals surface area contributed by atoms with E-state index in [0.717, 1.165) is 0 Å². The van der Waals surface area contributed by atoms with Gasteiger partial charge in [-0.25, -0.2) is 4.79 Å². The van der Waals surface area contributed by atoms with E-state index in [1.807, 2.05) is 0 Å². The Labute approximate surface area is 95.3 Å². The van der Waals surface area contributed by atoms with E-state index in [2.05, 4.69) is 10.1 Å². The lowest BCUT2D eigenvalue weighted by molar-refractivity contribution is 0.0683. The van der Waals surface area contributed by atoms with Crippen LogP contribution in [-0.2, 0) is 0 Å². The van der Waals surface area contributed by atoms with Crippen molar-refractivity contribution in [3.8, 4) is 5.69 Å². The molecule has 0 unspecified atom stereocenters. The smallest absolute Gasteiger partial charge is 0.375 e. The Bertz CT molecular complexity index is 535. The third-order valence-electron chi connectivity index (χ3n) is 1.89. The van der Waals surface area contributed by atoms with Gasteiger partial charge in [0.15, 0.2) is 0 Å². The molecule has 1 aromatic heterocycles. The molecule has 0 fully saturated rings. The first-order valence-electron chi connectivity index (χ1n) is 4.29. The van der Waals surface area contributed by atoms with Gasteiger partial charge in [0, 0.05) is 5.02 Å². The van der Waals surface area contributed by atoms with E-state index >= 15 is 0 Å². The van der Waals surface area contributed by atoms with E-state index in [-0.39, 0.29) is 11.8 Å². The van der Waals surface area contributed by atoms with Crippen LogP contribution in [0.3, 0.4) is 0 Å². The number of nitrogens with zero attached hydrogens (tertiary/aromatic N) is 3. The Hall–Kier alpha value is -2.08. The molecule has 16 heavy (non-hydrogen) atoms. The van der Waals surface area contributed by atoms with Crippen molar-refractivity contribution in [2.24, 2.45) is 0 Å².